The van der Waals surface area contributed by atoms with E-state index < -0.39 is 5.54 Å². The van der Waals surface area contributed by atoms with Crippen LogP contribution in [0.3, 0.4) is 0 Å². The molecular formula is C29H25F2N3O. The van der Waals surface area contributed by atoms with E-state index in [-0.39, 0.29) is 17.3 Å². The lowest BCUT2D eigenvalue weighted by atomic mass is 9.78. The second kappa shape index (κ2) is 9.29. The van der Waals surface area contributed by atoms with Gasteiger partial charge in [0.15, 0.2) is 0 Å². The molecule has 0 atom stereocenters. The fourth-order valence-corrected chi connectivity index (χ4v) is 5.04. The fourth-order valence-electron chi connectivity index (χ4n) is 5.04. The van der Waals surface area contributed by atoms with Gasteiger partial charge in [-0.05, 0) is 71.6 Å². The molecule has 0 aliphatic heterocycles. The molecule has 5 rings (SSSR count). The molecule has 35 heavy (non-hydrogen) atoms. The van der Waals surface area contributed by atoms with E-state index in [1.54, 1.807) is 45.8 Å². The van der Waals surface area contributed by atoms with Crippen molar-refractivity contribution in [1.29, 1.82) is 0 Å². The van der Waals surface area contributed by atoms with Crippen molar-refractivity contribution in [2.75, 3.05) is 0 Å². The number of nitrogens with zero attached hydrogens (tertiary/aromatic N) is 3. The largest absolute Gasteiger partial charge is 0.330 e. The normalized spacial score (nSPS) is 11.7. The predicted molar refractivity (Wildman–Crippen MR) is 133 cm³/mol. The van der Waals surface area contributed by atoms with E-state index in [1.807, 2.05) is 43.3 Å². The Hall–Kier alpha value is -4.06. The molecule has 0 spiro atoms. The van der Waals surface area contributed by atoms with Gasteiger partial charge in [-0.1, -0.05) is 49.7 Å². The van der Waals surface area contributed by atoms with Gasteiger partial charge < -0.3 is 0 Å². The van der Waals surface area contributed by atoms with Crippen LogP contribution in [0.1, 0.15) is 36.5 Å². The Morgan fingerprint density at radius 2 is 1.31 bits per heavy atom. The first-order valence-corrected chi connectivity index (χ1v) is 11.7. The van der Waals surface area contributed by atoms with E-state index in [9.17, 15) is 13.6 Å². The molecule has 0 bridgehead atoms. The summed E-state index contributed by atoms with van der Waals surface area (Å²) in [7, 11) is 0. The second-order valence-corrected chi connectivity index (χ2v) is 8.67. The summed E-state index contributed by atoms with van der Waals surface area (Å²) >= 11 is 0. The molecule has 5 aromatic rings. The zero-order valence-corrected chi connectivity index (χ0v) is 19.4. The Bertz CT molecular complexity index is 1460. The number of benzene rings is 3. The Balaban J connectivity index is 1.86. The summed E-state index contributed by atoms with van der Waals surface area (Å²) in [6.45, 7) is 2.42. The van der Waals surface area contributed by atoms with Crippen LogP contribution in [0.2, 0.25) is 0 Å². The highest BCUT2D eigenvalue weighted by atomic mass is 19.1. The van der Waals surface area contributed by atoms with Crippen LogP contribution in [0, 0.1) is 11.6 Å². The van der Waals surface area contributed by atoms with Crippen LogP contribution in [0.25, 0.3) is 11.0 Å². The highest BCUT2D eigenvalue weighted by Crippen LogP contribution is 2.40. The third-order valence-electron chi connectivity index (χ3n) is 6.56. The van der Waals surface area contributed by atoms with Crippen molar-refractivity contribution in [3.63, 3.8) is 0 Å². The van der Waals surface area contributed by atoms with Gasteiger partial charge in [-0.25, -0.2) is 13.6 Å². The summed E-state index contributed by atoms with van der Waals surface area (Å²) in [5.74, 6) is -0.712. The maximum absolute atomic E-state index is 14.3. The molecule has 2 heterocycles. The number of rotatable bonds is 7. The van der Waals surface area contributed by atoms with Crippen LogP contribution in [0.15, 0.2) is 102 Å². The average Bonchev–Trinajstić information content (AvgIpc) is 3.16. The summed E-state index contributed by atoms with van der Waals surface area (Å²) in [6, 6.07) is 23.9. The summed E-state index contributed by atoms with van der Waals surface area (Å²) in [6.07, 6.45) is 4.72. The van der Waals surface area contributed by atoms with Gasteiger partial charge in [0.25, 0.3) is 0 Å². The predicted octanol–water partition coefficient (Wildman–Crippen LogP) is 6.12. The van der Waals surface area contributed by atoms with Crippen LogP contribution < -0.4 is 5.69 Å². The number of pyridine rings is 1. The number of halogens is 2. The SMILES string of the molecule is CCCC(c1ccc(F)cc1)(c1ccc(F)cc1)n1c(=O)n(Cc2ccncc2)c2ccccc21. The lowest BCUT2D eigenvalue weighted by Gasteiger charge is -2.36. The number of para-hydroxylation sites is 2. The second-order valence-electron chi connectivity index (χ2n) is 8.67. The lowest BCUT2D eigenvalue weighted by molar-refractivity contribution is 0.387. The lowest BCUT2D eigenvalue weighted by Crippen LogP contribution is -2.43. The Kier molecular flexibility index (Phi) is 6.03. The molecule has 2 aromatic heterocycles. The molecule has 0 radical (unpaired) electrons. The first-order valence-electron chi connectivity index (χ1n) is 11.7. The first kappa shape index (κ1) is 22.7. The Morgan fingerprint density at radius 1 is 0.771 bits per heavy atom. The quantitative estimate of drug-likeness (QED) is 0.288. The van der Waals surface area contributed by atoms with Crippen LogP contribution in [-0.4, -0.2) is 14.1 Å². The number of aromatic nitrogens is 3. The molecule has 4 nitrogen and oxygen atoms in total. The molecule has 0 aliphatic carbocycles. The maximum Gasteiger partial charge on any atom is 0.330 e. The van der Waals surface area contributed by atoms with Crippen LogP contribution in [-0.2, 0) is 12.1 Å². The topological polar surface area (TPSA) is 39.8 Å². The van der Waals surface area contributed by atoms with Crippen LogP contribution in [0.4, 0.5) is 8.78 Å². The van der Waals surface area contributed by atoms with E-state index in [2.05, 4.69) is 4.98 Å². The number of hydrogen-bond acceptors (Lipinski definition) is 2. The van der Waals surface area contributed by atoms with Gasteiger partial charge in [0, 0.05) is 12.4 Å². The highest BCUT2D eigenvalue weighted by molar-refractivity contribution is 5.77. The van der Waals surface area contributed by atoms with Gasteiger partial charge >= 0.3 is 5.69 Å². The van der Waals surface area contributed by atoms with Gasteiger partial charge in [0.1, 0.15) is 17.2 Å². The summed E-state index contributed by atoms with van der Waals surface area (Å²) < 4.78 is 31.5. The molecular weight excluding hydrogens is 444 g/mol. The third-order valence-corrected chi connectivity index (χ3v) is 6.56. The molecule has 0 fully saturated rings. The van der Waals surface area contributed by atoms with Gasteiger partial charge in [-0.2, -0.15) is 0 Å². The zero-order valence-electron chi connectivity index (χ0n) is 19.4. The van der Waals surface area contributed by atoms with Crippen molar-refractivity contribution < 1.29 is 8.78 Å². The Morgan fingerprint density at radius 3 is 1.86 bits per heavy atom. The number of imidazole rings is 1. The van der Waals surface area contributed by atoms with E-state index >= 15 is 0 Å². The van der Waals surface area contributed by atoms with Crippen molar-refractivity contribution in [2.24, 2.45) is 0 Å². The smallest absolute Gasteiger partial charge is 0.287 e. The molecule has 3 aromatic carbocycles. The van der Waals surface area contributed by atoms with Gasteiger partial charge in [0.2, 0.25) is 0 Å². The minimum atomic E-state index is -0.962. The molecule has 0 saturated heterocycles. The summed E-state index contributed by atoms with van der Waals surface area (Å²) in [5.41, 5.74) is 2.88. The molecule has 176 valence electrons. The fraction of sp³-hybridized carbons (Fsp3) is 0.172. The highest BCUT2D eigenvalue weighted by Gasteiger charge is 2.39. The van der Waals surface area contributed by atoms with E-state index in [4.69, 9.17) is 0 Å². The molecule has 0 aliphatic rings. The van der Waals surface area contributed by atoms with Gasteiger partial charge in [0.05, 0.1) is 17.6 Å². The molecule has 0 N–H and O–H groups in total. The first-order chi connectivity index (χ1) is 17.0. The van der Waals surface area contributed by atoms with E-state index in [0.717, 1.165) is 34.1 Å². The van der Waals surface area contributed by atoms with Crippen molar-refractivity contribution in [3.8, 4) is 0 Å². The number of hydrogen-bond donors (Lipinski definition) is 0. The minimum Gasteiger partial charge on any atom is -0.287 e. The van der Waals surface area contributed by atoms with Crippen molar-refractivity contribution in [1.82, 2.24) is 14.1 Å². The maximum atomic E-state index is 14.3. The molecule has 6 heteroatoms. The average molecular weight is 470 g/mol. The Labute approximate surface area is 202 Å². The van der Waals surface area contributed by atoms with E-state index in [1.165, 1.54) is 24.3 Å². The van der Waals surface area contributed by atoms with Crippen molar-refractivity contribution in [3.05, 3.63) is 136 Å². The van der Waals surface area contributed by atoms with Crippen molar-refractivity contribution >= 4 is 11.0 Å². The zero-order chi connectivity index (χ0) is 24.4. The van der Waals surface area contributed by atoms with Crippen LogP contribution in [0.5, 0.6) is 0 Å². The third kappa shape index (κ3) is 3.95. The number of fused-ring (bicyclic) bond motifs is 1. The molecule has 0 amide bonds. The standard InChI is InChI=1S/C29H25F2N3O/c1-2-17-29(22-7-11-24(30)12-8-22,23-9-13-25(31)14-10-23)34-27-6-4-3-5-26(27)33(28(34)35)20-21-15-18-32-19-16-21/h3-16,18-19H,2,17,20H2,1H3. The van der Waals surface area contributed by atoms with Gasteiger partial charge in [-0.15, -0.1) is 0 Å². The summed E-state index contributed by atoms with van der Waals surface area (Å²) in [5, 5.41) is 0. The summed E-state index contributed by atoms with van der Waals surface area (Å²) in [4.78, 5) is 18.3. The minimum absolute atomic E-state index is 0.190. The molecule has 0 unspecified atom stereocenters. The monoisotopic (exact) mass is 469 g/mol. The molecule has 0 saturated carbocycles. The van der Waals surface area contributed by atoms with Gasteiger partial charge in [-0.3, -0.25) is 14.1 Å². The van der Waals surface area contributed by atoms with E-state index in [0.29, 0.717) is 13.0 Å². The van der Waals surface area contributed by atoms with Crippen molar-refractivity contribution in [2.45, 2.75) is 31.8 Å². The van der Waals surface area contributed by atoms with Crippen LogP contribution >= 0.6 is 0 Å².